The normalized spacial score (nSPS) is 18.4. The van der Waals surface area contributed by atoms with Crippen molar-refractivity contribution < 1.29 is 0 Å². The lowest BCUT2D eigenvalue weighted by Gasteiger charge is -2.32. The molecule has 0 bridgehead atoms. The van der Waals surface area contributed by atoms with Crippen molar-refractivity contribution in [2.45, 2.75) is 58.5 Å². The molecule has 3 aromatic heterocycles. The Balaban J connectivity index is 1.49. The number of aromatic nitrogens is 5. The molecule has 0 unspecified atom stereocenters. The first kappa shape index (κ1) is 18.0. The summed E-state index contributed by atoms with van der Waals surface area (Å²) in [5.41, 5.74) is 2.42. The maximum atomic E-state index is 12.3. The van der Waals surface area contributed by atoms with Gasteiger partial charge in [-0.25, -0.2) is 14.5 Å². The maximum absolute atomic E-state index is 12.3. The van der Waals surface area contributed by atoms with Crippen LogP contribution in [0.25, 0.3) is 5.65 Å². The number of nitrogens with zero attached hydrogens (tertiary/aromatic N) is 5. The van der Waals surface area contributed by atoms with Crippen LogP contribution in [0.1, 0.15) is 55.7 Å². The average Bonchev–Trinajstić information content (AvgIpc) is 3.26. The molecule has 0 spiro atoms. The van der Waals surface area contributed by atoms with E-state index in [0.29, 0.717) is 18.1 Å². The van der Waals surface area contributed by atoms with Gasteiger partial charge in [-0.05, 0) is 32.7 Å². The highest BCUT2D eigenvalue weighted by Gasteiger charge is 2.25. The zero-order valence-corrected chi connectivity index (χ0v) is 16.2. The molecule has 1 aliphatic rings. The van der Waals surface area contributed by atoms with E-state index in [2.05, 4.69) is 37.7 Å². The zero-order valence-electron chi connectivity index (χ0n) is 16.2. The molecule has 1 fully saturated rings. The van der Waals surface area contributed by atoms with Crippen LogP contribution in [0.15, 0.2) is 29.3 Å². The Bertz CT molecular complexity index is 968. The molecule has 0 saturated carbocycles. The van der Waals surface area contributed by atoms with E-state index in [1.54, 1.807) is 6.07 Å². The Labute approximate surface area is 159 Å². The number of imidazole rings is 1. The van der Waals surface area contributed by atoms with Crippen molar-refractivity contribution in [1.82, 2.24) is 29.0 Å². The fourth-order valence-electron chi connectivity index (χ4n) is 4.08. The summed E-state index contributed by atoms with van der Waals surface area (Å²) in [6, 6.07) is 3.56. The molecule has 0 amide bonds. The van der Waals surface area contributed by atoms with Crippen LogP contribution in [0, 0.1) is 6.92 Å². The van der Waals surface area contributed by atoms with E-state index in [4.69, 9.17) is 0 Å². The topological polar surface area (TPSA) is 71.2 Å². The lowest BCUT2D eigenvalue weighted by molar-refractivity contribution is 0.192. The number of aromatic amines is 1. The third-order valence-corrected chi connectivity index (χ3v) is 5.39. The van der Waals surface area contributed by atoms with Gasteiger partial charge in [0.05, 0.1) is 5.69 Å². The van der Waals surface area contributed by atoms with Gasteiger partial charge in [-0.15, -0.1) is 0 Å². The molecule has 0 aliphatic carbocycles. The van der Waals surface area contributed by atoms with Gasteiger partial charge in [0.2, 0.25) is 0 Å². The molecule has 7 heteroatoms. The van der Waals surface area contributed by atoms with Crippen molar-refractivity contribution in [1.29, 1.82) is 0 Å². The predicted octanol–water partition coefficient (Wildman–Crippen LogP) is 2.71. The minimum absolute atomic E-state index is 0.0493. The van der Waals surface area contributed by atoms with Crippen molar-refractivity contribution in [3.63, 3.8) is 0 Å². The van der Waals surface area contributed by atoms with Crippen LogP contribution in [-0.2, 0) is 13.1 Å². The van der Waals surface area contributed by atoms with Gasteiger partial charge >= 0.3 is 0 Å². The van der Waals surface area contributed by atoms with Crippen molar-refractivity contribution in [2.75, 3.05) is 13.1 Å². The summed E-state index contributed by atoms with van der Waals surface area (Å²) in [4.78, 5) is 24.0. The average molecular weight is 368 g/mol. The third-order valence-electron chi connectivity index (χ3n) is 5.39. The van der Waals surface area contributed by atoms with Crippen LogP contribution in [0.4, 0.5) is 0 Å². The fourth-order valence-corrected chi connectivity index (χ4v) is 4.08. The lowest BCUT2D eigenvalue weighted by Crippen LogP contribution is -2.35. The van der Waals surface area contributed by atoms with E-state index in [1.165, 1.54) is 29.6 Å². The first-order valence-electron chi connectivity index (χ1n) is 9.95. The maximum Gasteiger partial charge on any atom is 0.272 e. The van der Waals surface area contributed by atoms with Crippen molar-refractivity contribution in [3.8, 4) is 0 Å². The number of piperidine rings is 1. The summed E-state index contributed by atoms with van der Waals surface area (Å²) < 4.78 is 3.82. The molecule has 0 radical (unpaired) electrons. The monoisotopic (exact) mass is 368 g/mol. The van der Waals surface area contributed by atoms with Crippen LogP contribution >= 0.6 is 0 Å². The molecule has 144 valence electrons. The number of aryl methyl sites for hydroxylation is 2. The quantitative estimate of drug-likeness (QED) is 0.726. The van der Waals surface area contributed by atoms with Crippen LogP contribution in [0.5, 0.6) is 0 Å². The molecule has 1 saturated heterocycles. The number of fused-ring (bicyclic) bond motifs is 1. The number of H-pyrrole nitrogens is 1. The number of likely N-dealkylation sites (tertiary alicyclic amines) is 1. The number of hydrogen-bond donors (Lipinski definition) is 1. The molecule has 4 rings (SSSR count). The Hall–Kier alpha value is -2.41. The molecule has 3 aromatic rings. The minimum Gasteiger partial charge on any atom is -0.335 e. The van der Waals surface area contributed by atoms with Gasteiger partial charge in [-0.3, -0.25) is 14.8 Å². The predicted molar refractivity (Wildman–Crippen MR) is 105 cm³/mol. The third kappa shape index (κ3) is 3.83. The summed E-state index contributed by atoms with van der Waals surface area (Å²) in [7, 11) is 0. The summed E-state index contributed by atoms with van der Waals surface area (Å²) >= 11 is 0. The minimum atomic E-state index is -0.0493. The Kier molecular flexibility index (Phi) is 5.11. The van der Waals surface area contributed by atoms with Gasteiger partial charge in [0.25, 0.3) is 5.56 Å². The second-order valence-corrected chi connectivity index (χ2v) is 7.63. The summed E-state index contributed by atoms with van der Waals surface area (Å²) in [5, 5.41) is 3.02. The second-order valence-electron chi connectivity index (χ2n) is 7.63. The van der Waals surface area contributed by atoms with Gasteiger partial charge in [-0.1, -0.05) is 13.3 Å². The molecule has 27 heavy (non-hydrogen) atoms. The smallest absolute Gasteiger partial charge is 0.272 e. The highest BCUT2D eigenvalue weighted by atomic mass is 16.1. The van der Waals surface area contributed by atoms with Crippen LogP contribution in [-0.4, -0.2) is 42.1 Å². The lowest BCUT2D eigenvalue weighted by atomic mass is 9.97. The second kappa shape index (κ2) is 7.68. The van der Waals surface area contributed by atoms with Crippen molar-refractivity contribution in [3.05, 3.63) is 52.1 Å². The molecular weight excluding hydrogens is 340 g/mol. The Morgan fingerprint density at radius 3 is 3.07 bits per heavy atom. The Morgan fingerprint density at radius 1 is 1.33 bits per heavy atom. The van der Waals surface area contributed by atoms with E-state index < -0.39 is 0 Å². The molecule has 1 atom stereocenters. The van der Waals surface area contributed by atoms with Crippen LogP contribution < -0.4 is 5.56 Å². The van der Waals surface area contributed by atoms with Crippen LogP contribution in [0.2, 0.25) is 0 Å². The number of hydrogen-bond acceptors (Lipinski definition) is 4. The van der Waals surface area contributed by atoms with E-state index in [0.717, 1.165) is 37.4 Å². The van der Waals surface area contributed by atoms with E-state index in [-0.39, 0.29) is 5.56 Å². The van der Waals surface area contributed by atoms with Gasteiger partial charge in [-0.2, -0.15) is 0 Å². The number of unbranched alkanes of at least 4 members (excludes halogenated alkanes) is 1. The zero-order chi connectivity index (χ0) is 18.8. The van der Waals surface area contributed by atoms with Gasteiger partial charge in [0.1, 0.15) is 5.82 Å². The molecule has 1 aliphatic heterocycles. The SMILES string of the molecule is CCCCn1ccnc1[C@@H]1CCCN(Cc2cc(=O)n3[nH]c(C)cc3n2)C1. The van der Waals surface area contributed by atoms with Crippen molar-refractivity contribution >= 4 is 5.65 Å². The van der Waals surface area contributed by atoms with E-state index in [1.807, 2.05) is 19.2 Å². The molecular formula is C20H28N6O. The fraction of sp³-hybridized carbons (Fsp3) is 0.550. The first-order valence-corrected chi connectivity index (χ1v) is 9.95. The highest BCUT2D eigenvalue weighted by Crippen LogP contribution is 2.26. The molecule has 1 N–H and O–H groups in total. The number of nitrogens with one attached hydrogen (secondary N) is 1. The van der Waals surface area contributed by atoms with Crippen LogP contribution in [0.3, 0.4) is 0 Å². The summed E-state index contributed by atoms with van der Waals surface area (Å²) in [6.45, 7) is 7.92. The highest BCUT2D eigenvalue weighted by molar-refractivity contribution is 5.39. The van der Waals surface area contributed by atoms with Gasteiger partial charge in [0.15, 0.2) is 5.65 Å². The van der Waals surface area contributed by atoms with E-state index in [9.17, 15) is 4.79 Å². The van der Waals surface area contributed by atoms with E-state index >= 15 is 0 Å². The summed E-state index contributed by atoms with van der Waals surface area (Å²) in [5.74, 6) is 1.66. The first-order chi connectivity index (χ1) is 13.1. The number of rotatable bonds is 6. The van der Waals surface area contributed by atoms with Gasteiger partial charge in [0, 0.05) is 55.8 Å². The Morgan fingerprint density at radius 2 is 2.22 bits per heavy atom. The standard InChI is InChI=1S/C20H28N6O/c1-3-4-9-25-10-7-21-20(25)16-6-5-8-24(13-16)14-17-12-19(27)26-18(22-17)11-15(2)23-26/h7,10-12,16,23H,3-6,8-9,13-14H2,1-2H3/t16-/m1/s1. The largest absolute Gasteiger partial charge is 0.335 e. The van der Waals surface area contributed by atoms with Gasteiger partial charge < -0.3 is 4.57 Å². The molecule has 0 aromatic carbocycles. The van der Waals surface area contributed by atoms with Crippen molar-refractivity contribution in [2.24, 2.45) is 0 Å². The molecule has 7 nitrogen and oxygen atoms in total. The molecule has 4 heterocycles. The summed E-state index contributed by atoms with van der Waals surface area (Å²) in [6.07, 6.45) is 8.73.